The van der Waals surface area contributed by atoms with E-state index in [2.05, 4.69) is 4.98 Å². The third-order valence-electron chi connectivity index (χ3n) is 6.49. The average molecular weight is 416 g/mol. The Morgan fingerprint density at radius 3 is 2.41 bits per heavy atom. The molecule has 160 valence electrons. The van der Waals surface area contributed by atoms with Gasteiger partial charge in [0.15, 0.2) is 5.82 Å². The number of rotatable bonds is 3. The second-order valence-corrected chi connectivity index (χ2v) is 9.12. The zero-order chi connectivity index (χ0) is 21.0. The summed E-state index contributed by atoms with van der Waals surface area (Å²) in [5.41, 5.74) is -1.81. The number of hydrogen-bond acceptors (Lipinski definition) is 4. The second kappa shape index (κ2) is 6.82. The summed E-state index contributed by atoms with van der Waals surface area (Å²) in [7, 11) is 0. The summed E-state index contributed by atoms with van der Waals surface area (Å²) in [6.07, 6.45) is -0.440. The molecular formula is C20H24F4N2O3. The number of pyridine rings is 1. The maximum Gasteiger partial charge on any atom is 0.417 e. The number of ether oxygens (including phenoxy) is 1. The Morgan fingerprint density at radius 1 is 1.28 bits per heavy atom. The molecule has 4 rings (SSSR count). The van der Waals surface area contributed by atoms with E-state index in [1.807, 2.05) is 4.90 Å². The summed E-state index contributed by atoms with van der Waals surface area (Å²) in [4.78, 5) is 17.8. The molecule has 1 saturated heterocycles. The fourth-order valence-corrected chi connectivity index (χ4v) is 4.82. The summed E-state index contributed by atoms with van der Waals surface area (Å²) < 4.78 is 57.3. The van der Waals surface area contributed by atoms with E-state index in [4.69, 9.17) is 4.74 Å². The van der Waals surface area contributed by atoms with Crippen molar-refractivity contribution in [1.29, 1.82) is 0 Å². The number of aliphatic hydroxyl groups is 1. The Hall–Kier alpha value is -1.90. The predicted octanol–water partition coefficient (Wildman–Crippen LogP) is 3.55. The molecule has 1 aromatic rings. The number of hydrogen-bond donors (Lipinski definition) is 1. The molecule has 1 aromatic heterocycles. The van der Waals surface area contributed by atoms with Crippen molar-refractivity contribution in [3.8, 4) is 5.88 Å². The van der Waals surface area contributed by atoms with Gasteiger partial charge in [0.05, 0.1) is 11.2 Å². The van der Waals surface area contributed by atoms with Gasteiger partial charge in [-0.25, -0.2) is 9.37 Å². The smallest absolute Gasteiger partial charge is 0.417 e. The number of likely N-dealkylation sites (tertiary alicyclic amines) is 1. The molecule has 0 atom stereocenters. The molecule has 1 aliphatic heterocycles. The van der Waals surface area contributed by atoms with E-state index in [0.717, 1.165) is 12.8 Å². The minimum atomic E-state index is -4.65. The standard InChI is InChI=1S/C20H24F4N2O3/c1-18(28)7-12(8-18)17(27)26-10-19(11-26)4-2-14(3-5-19)29-16-15(21)6-13(9-25-16)20(22,23)24/h6,9,12,14,28H,2-5,7-8,10-11H2,1H3. The molecule has 1 spiro atoms. The molecule has 3 fully saturated rings. The topological polar surface area (TPSA) is 62.7 Å². The number of amides is 1. The largest absolute Gasteiger partial charge is 0.472 e. The Labute approximate surface area is 166 Å². The van der Waals surface area contributed by atoms with Crippen LogP contribution in [0.5, 0.6) is 5.88 Å². The van der Waals surface area contributed by atoms with Gasteiger partial charge in [-0.1, -0.05) is 0 Å². The molecule has 1 amide bonds. The minimum Gasteiger partial charge on any atom is -0.472 e. The van der Waals surface area contributed by atoms with Crippen LogP contribution in [0.25, 0.3) is 0 Å². The zero-order valence-electron chi connectivity index (χ0n) is 16.1. The van der Waals surface area contributed by atoms with Crippen molar-refractivity contribution >= 4 is 5.91 Å². The van der Waals surface area contributed by atoms with Crippen LogP contribution in [0.3, 0.4) is 0 Å². The van der Waals surface area contributed by atoms with E-state index in [9.17, 15) is 27.5 Å². The highest BCUT2D eigenvalue weighted by atomic mass is 19.4. The third kappa shape index (κ3) is 4.06. The Bertz CT molecular complexity index is 787. The van der Waals surface area contributed by atoms with Crippen molar-refractivity contribution < 1.29 is 32.2 Å². The van der Waals surface area contributed by atoms with E-state index < -0.39 is 29.0 Å². The molecule has 3 aliphatic rings. The molecule has 1 N–H and O–H groups in total. The minimum absolute atomic E-state index is 0.0495. The first kappa shape index (κ1) is 20.4. The van der Waals surface area contributed by atoms with Crippen molar-refractivity contribution in [3.05, 3.63) is 23.6 Å². The van der Waals surface area contributed by atoms with Crippen molar-refractivity contribution in [1.82, 2.24) is 9.88 Å². The second-order valence-electron chi connectivity index (χ2n) is 9.12. The van der Waals surface area contributed by atoms with Gasteiger partial charge in [0.25, 0.3) is 5.88 Å². The molecule has 0 radical (unpaired) electrons. The summed E-state index contributed by atoms with van der Waals surface area (Å²) in [5, 5.41) is 9.80. The van der Waals surface area contributed by atoms with Crippen LogP contribution in [0.2, 0.25) is 0 Å². The fourth-order valence-electron chi connectivity index (χ4n) is 4.82. The van der Waals surface area contributed by atoms with Crippen LogP contribution in [-0.2, 0) is 11.0 Å². The Kier molecular flexibility index (Phi) is 4.79. The number of halogens is 4. The maximum absolute atomic E-state index is 13.9. The van der Waals surface area contributed by atoms with Crippen molar-refractivity contribution in [2.45, 2.75) is 63.3 Å². The molecule has 0 aromatic carbocycles. The summed E-state index contributed by atoms with van der Waals surface area (Å²) >= 11 is 0. The average Bonchev–Trinajstić information content (AvgIpc) is 2.58. The van der Waals surface area contributed by atoms with Gasteiger partial charge in [-0.05, 0) is 51.5 Å². The van der Waals surface area contributed by atoms with Gasteiger partial charge < -0.3 is 14.7 Å². The van der Waals surface area contributed by atoms with E-state index in [1.165, 1.54) is 0 Å². The number of carbonyl (C=O) groups excluding carboxylic acids is 1. The summed E-state index contributed by atoms with van der Waals surface area (Å²) in [5.74, 6) is -1.49. The zero-order valence-corrected chi connectivity index (χ0v) is 16.1. The molecule has 2 aliphatic carbocycles. The van der Waals surface area contributed by atoms with Crippen LogP contribution >= 0.6 is 0 Å². The van der Waals surface area contributed by atoms with Crippen molar-refractivity contribution in [3.63, 3.8) is 0 Å². The number of aromatic nitrogens is 1. The Morgan fingerprint density at radius 2 is 1.90 bits per heavy atom. The molecular weight excluding hydrogens is 392 g/mol. The number of carbonyl (C=O) groups is 1. The highest BCUT2D eigenvalue weighted by molar-refractivity contribution is 5.81. The normalized spacial score (nSPS) is 29.3. The first-order chi connectivity index (χ1) is 13.5. The SMILES string of the molecule is CC1(O)CC(C(=O)N2CC3(CCC(Oc4ncc(C(F)(F)F)cc4F)CC3)C2)C1. The lowest BCUT2D eigenvalue weighted by atomic mass is 9.66. The monoisotopic (exact) mass is 416 g/mol. The molecule has 9 heteroatoms. The molecule has 0 unspecified atom stereocenters. The molecule has 0 bridgehead atoms. The number of alkyl halides is 3. The van der Waals surface area contributed by atoms with Crippen LogP contribution in [0.15, 0.2) is 12.3 Å². The first-order valence-electron chi connectivity index (χ1n) is 9.87. The van der Waals surface area contributed by atoms with Gasteiger partial charge in [0.1, 0.15) is 6.10 Å². The maximum atomic E-state index is 13.9. The lowest BCUT2D eigenvalue weighted by Gasteiger charge is -2.55. The Balaban J connectivity index is 1.26. The van der Waals surface area contributed by atoms with Crippen molar-refractivity contribution in [2.75, 3.05) is 13.1 Å². The van der Waals surface area contributed by atoms with Gasteiger partial charge in [-0.2, -0.15) is 13.2 Å². The number of nitrogens with zero attached hydrogens (tertiary/aromatic N) is 2. The summed E-state index contributed by atoms with van der Waals surface area (Å²) in [6.45, 7) is 3.11. The van der Waals surface area contributed by atoms with Crippen LogP contribution in [0.4, 0.5) is 17.6 Å². The summed E-state index contributed by atoms with van der Waals surface area (Å²) in [6, 6.07) is 0.403. The molecule has 2 saturated carbocycles. The fraction of sp³-hybridized carbons (Fsp3) is 0.700. The van der Waals surface area contributed by atoms with Gasteiger partial charge in [-0.15, -0.1) is 0 Å². The van der Waals surface area contributed by atoms with E-state index in [0.29, 0.717) is 51.0 Å². The van der Waals surface area contributed by atoms with Crippen LogP contribution < -0.4 is 4.74 Å². The third-order valence-corrected chi connectivity index (χ3v) is 6.49. The first-order valence-corrected chi connectivity index (χ1v) is 9.87. The predicted molar refractivity (Wildman–Crippen MR) is 94.4 cm³/mol. The van der Waals surface area contributed by atoms with Gasteiger partial charge >= 0.3 is 6.18 Å². The highest BCUT2D eigenvalue weighted by Gasteiger charge is 2.51. The van der Waals surface area contributed by atoms with E-state index in [-0.39, 0.29) is 23.3 Å². The van der Waals surface area contributed by atoms with Crippen LogP contribution in [0, 0.1) is 17.2 Å². The van der Waals surface area contributed by atoms with Gasteiger partial charge in [0, 0.05) is 30.6 Å². The lowest BCUT2D eigenvalue weighted by Crippen LogP contribution is -2.63. The quantitative estimate of drug-likeness (QED) is 0.766. The van der Waals surface area contributed by atoms with Crippen molar-refractivity contribution in [2.24, 2.45) is 11.3 Å². The van der Waals surface area contributed by atoms with E-state index >= 15 is 0 Å². The molecule has 29 heavy (non-hydrogen) atoms. The van der Waals surface area contributed by atoms with Crippen LogP contribution in [-0.4, -0.2) is 45.7 Å². The van der Waals surface area contributed by atoms with Gasteiger partial charge in [-0.3, -0.25) is 4.79 Å². The molecule has 5 nitrogen and oxygen atoms in total. The lowest BCUT2D eigenvalue weighted by molar-refractivity contribution is -0.164. The highest BCUT2D eigenvalue weighted by Crippen LogP contribution is 2.47. The van der Waals surface area contributed by atoms with Crippen LogP contribution in [0.1, 0.15) is 51.0 Å². The van der Waals surface area contributed by atoms with Gasteiger partial charge in [0.2, 0.25) is 5.91 Å². The molecule has 2 heterocycles. The van der Waals surface area contributed by atoms with E-state index in [1.54, 1.807) is 6.92 Å².